The summed E-state index contributed by atoms with van der Waals surface area (Å²) in [7, 11) is 1.49. The molecule has 5 nitrogen and oxygen atoms in total. The topological polar surface area (TPSA) is 71.5 Å². The highest BCUT2D eigenvalue weighted by Crippen LogP contribution is 2.33. The summed E-state index contributed by atoms with van der Waals surface area (Å²) in [5, 5.41) is 12.7. The highest BCUT2D eigenvalue weighted by atomic mass is 19.4. The number of fused-ring (bicyclic) bond motifs is 1. The number of rotatable bonds is 6. The second kappa shape index (κ2) is 8.71. The van der Waals surface area contributed by atoms with Crippen LogP contribution in [0.1, 0.15) is 29.3 Å². The van der Waals surface area contributed by atoms with Gasteiger partial charge in [0.15, 0.2) is 0 Å². The van der Waals surface area contributed by atoms with Crippen LogP contribution in [0.4, 0.5) is 13.2 Å². The minimum Gasteiger partial charge on any atom is -0.496 e. The maximum absolute atomic E-state index is 12.8. The molecule has 0 aliphatic rings. The first-order chi connectivity index (χ1) is 14.3. The van der Waals surface area contributed by atoms with E-state index < -0.39 is 11.7 Å². The minimum atomic E-state index is -4.42. The van der Waals surface area contributed by atoms with E-state index in [0.717, 1.165) is 12.1 Å². The second-order valence-electron chi connectivity index (χ2n) is 6.78. The lowest BCUT2D eigenvalue weighted by molar-refractivity contribution is -0.137. The molecule has 1 amide bonds. The van der Waals surface area contributed by atoms with E-state index in [1.165, 1.54) is 19.2 Å². The largest absolute Gasteiger partial charge is 0.496 e. The van der Waals surface area contributed by atoms with Gasteiger partial charge in [0, 0.05) is 22.6 Å². The van der Waals surface area contributed by atoms with Gasteiger partial charge in [-0.05, 0) is 36.8 Å². The Morgan fingerprint density at radius 1 is 1.17 bits per heavy atom. The predicted molar refractivity (Wildman–Crippen MR) is 107 cm³/mol. The van der Waals surface area contributed by atoms with Crippen molar-refractivity contribution in [2.75, 3.05) is 13.7 Å². The third-order valence-corrected chi connectivity index (χ3v) is 4.81. The van der Waals surface area contributed by atoms with Gasteiger partial charge in [0.2, 0.25) is 0 Å². The van der Waals surface area contributed by atoms with E-state index in [-0.39, 0.29) is 18.6 Å². The summed E-state index contributed by atoms with van der Waals surface area (Å²) in [6.45, 7) is 1.68. The van der Waals surface area contributed by atoms with Crippen LogP contribution in [0.2, 0.25) is 0 Å². The molecule has 0 saturated carbocycles. The fourth-order valence-electron chi connectivity index (χ4n) is 3.03. The van der Waals surface area contributed by atoms with Gasteiger partial charge in [0.05, 0.1) is 36.5 Å². The first kappa shape index (κ1) is 21.6. The van der Waals surface area contributed by atoms with E-state index in [1.54, 1.807) is 24.3 Å². The zero-order valence-corrected chi connectivity index (χ0v) is 16.5. The highest BCUT2D eigenvalue weighted by molar-refractivity contribution is 5.99. The number of pyridine rings is 1. The number of amides is 1. The molecule has 0 fully saturated rings. The number of aliphatic hydroxyl groups excluding tert-OH is 1. The first-order valence-electron chi connectivity index (χ1n) is 9.35. The molecule has 1 heterocycles. The number of carbonyl (C=O) groups excluding carboxylic acids is 1. The van der Waals surface area contributed by atoms with Crippen molar-refractivity contribution in [1.82, 2.24) is 10.3 Å². The number of methoxy groups -OCH3 is 1. The fraction of sp³-hybridized carbons (Fsp3) is 0.273. The number of carbonyl (C=O) groups is 1. The van der Waals surface area contributed by atoms with Gasteiger partial charge in [0.25, 0.3) is 5.91 Å². The predicted octanol–water partition coefficient (Wildman–Crippen LogP) is 4.43. The lowest BCUT2D eigenvalue weighted by Crippen LogP contribution is -2.36. The zero-order chi connectivity index (χ0) is 21.9. The summed E-state index contributed by atoms with van der Waals surface area (Å²) >= 11 is 0. The Bertz CT molecular complexity index is 1050. The quantitative estimate of drug-likeness (QED) is 0.621. The lowest BCUT2D eigenvalue weighted by atomic mass is 10.0. The molecule has 0 radical (unpaired) electrons. The Labute approximate surface area is 171 Å². The van der Waals surface area contributed by atoms with Gasteiger partial charge in [-0.15, -0.1) is 0 Å². The maximum Gasteiger partial charge on any atom is 0.416 e. The number of aliphatic hydroxyl groups is 1. The third-order valence-electron chi connectivity index (χ3n) is 4.81. The van der Waals surface area contributed by atoms with E-state index in [2.05, 4.69) is 10.3 Å². The summed E-state index contributed by atoms with van der Waals surface area (Å²) in [6.07, 6.45) is -3.83. The number of nitrogens with zero attached hydrogens (tertiary/aromatic N) is 1. The van der Waals surface area contributed by atoms with Gasteiger partial charge in [-0.25, -0.2) is 4.98 Å². The van der Waals surface area contributed by atoms with E-state index in [0.29, 0.717) is 39.9 Å². The molecule has 2 aromatic carbocycles. The molecule has 8 heteroatoms. The first-order valence-corrected chi connectivity index (χ1v) is 9.35. The van der Waals surface area contributed by atoms with Crippen molar-refractivity contribution < 1.29 is 27.8 Å². The Morgan fingerprint density at radius 3 is 2.43 bits per heavy atom. The number of halogens is 3. The van der Waals surface area contributed by atoms with Crippen molar-refractivity contribution in [3.8, 4) is 17.0 Å². The van der Waals surface area contributed by atoms with Gasteiger partial charge < -0.3 is 15.2 Å². The van der Waals surface area contributed by atoms with Crippen LogP contribution in [-0.2, 0) is 6.18 Å². The van der Waals surface area contributed by atoms with Crippen molar-refractivity contribution >= 4 is 16.8 Å². The SMILES string of the molecule is CCC(CO)NC(=O)c1ccc2c(OC)cc(-c3ccc(C(F)(F)F)cc3)nc2c1. The summed E-state index contributed by atoms with van der Waals surface area (Å²) in [6, 6.07) is 10.9. The van der Waals surface area contributed by atoms with Gasteiger partial charge in [-0.2, -0.15) is 13.2 Å². The summed E-state index contributed by atoms with van der Waals surface area (Å²) in [4.78, 5) is 17.0. The molecule has 30 heavy (non-hydrogen) atoms. The third kappa shape index (κ3) is 4.54. The molecule has 0 saturated heterocycles. The maximum atomic E-state index is 12.8. The zero-order valence-electron chi connectivity index (χ0n) is 16.5. The fourth-order valence-corrected chi connectivity index (χ4v) is 3.03. The van der Waals surface area contributed by atoms with E-state index >= 15 is 0 Å². The molecule has 3 aromatic rings. The second-order valence-corrected chi connectivity index (χ2v) is 6.78. The van der Waals surface area contributed by atoms with Crippen molar-refractivity contribution in [3.63, 3.8) is 0 Å². The standard InChI is InChI=1S/C22H21F3N2O3/c1-3-16(12-28)26-21(29)14-6-9-17-19(10-14)27-18(11-20(17)30-2)13-4-7-15(8-5-13)22(23,24)25/h4-11,16,28H,3,12H2,1-2H3,(H,26,29). The minimum absolute atomic E-state index is 0.167. The van der Waals surface area contributed by atoms with Gasteiger partial charge in [0.1, 0.15) is 5.75 Å². The van der Waals surface area contributed by atoms with Crippen LogP contribution in [0, 0.1) is 0 Å². The number of aromatic nitrogens is 1. The molecule has 158 valence electrons. The van der Waals surface area contributed by atoms with Crippen molar-refractivity contribution in [2.45, 2.75) is 25.6 Å². The number of hydrogen-bond donors (Lipinski definition) is 2. The van der Waals surface area contributed by atoms with Crippen LogP contribution < -0.4 is 10.1 Å². The Hall–Kier alpha value is -3.13. The number of hydrogen-bond acceptors (Lipinski definition) is 4. The smallest absolute Gasteiger partial charge is 0.416 e. The molecular weight excluding hydrogens is 397 g/mol. The van der Waals surface area contributed by atoms with Crippen LogP contribution in [0.25, 0.3) is 22.2 Å². The summed E-state index contributed by atoms with van der Waals surface area (Å²) < 4.78 is 43.9. The molecule has 1 aromatic heterocycles. The van der Waals surface area contributed by atoms with Gasteiger partial charge in [-0.1, -0.05) is 19.1 Å². The lowest BCUT2D eigenvalue weighted by Gasteiger charge is -2.15. The molecular formula is C22H21F3N2O3. The molecule has 2 N–H and O–H groups in total. The molecule has 1 atom stereocenters. The van der Waals surface area contributed by atoms with Crippen molar-refractivity contribution in [3.05, 3.63) is 59.7 Å². The number of nitrogens with one attached hydrogen (secondary N) is 1. The van der Waals surface area contributed by atoms with Crippen LogP contribution in [0.3, 0.4) is 0 Å². The number of ether oxygens (including phenoxy) is 1. The van der Waals surface area contributed by atoms with Crippen LogP contribution in [0.5, 0.6) is 5.75 Å². The number of alkyl halides is 3. The van der Waals surface area contributed by atoms with E-state index in [9.17, 15) is 23.1 Å². The average Bonchev–Trinajstić information content (AvgIpc) is 2.75. The molecule has 3 rings (SSSR count). The molecule has 0 aliphatic heterocycles. The Kier molecular flexibility index (Phi) is 6.26. The highest BCUT2D eigenvalue weighted by Gasteiger charge is 2.30. The summed E-state index contributed by atoms with van der Waals surface area (Å²) in [5.41, 5.74) is 0.992. The average molecular weight is 418 g/mol. The molecule has 0 bridgehead atoms. The Morgan fingerprint density at radius 2 is 1.87 bits per heavy atom. The van der Waals surface area contributed by atoms with Crippen LogP contribution >= 0.6 is 0 Å². The number of benzene rings is 2. The van der Waals surface area contributed by atoms with E-state index in [4.69, 9.17) is 4.74 Å². The Balaban J connectivity index is 2.01. The van der Waals surface area contributed by atoms with Crippen LogP contribution in [0.15, 0.2) is 48.5 Å². The molecule has 1 unspecified atom stereocenters. The van der Waals surface area contributed by atoms with Gasteiger partial charge >= 0.3 is 6.18 Å². The van der Waals surface area contributed by atoms with Crippen molar-refractivity contribution in [1.29, 1.82) is 0 Å². The van der Waals surface area contributed by atoms with Gasteiger partial charge in [-0.3, -0.25) is 4.79 Å². The normalized spacial score (nSPS) is 12.6. The van der Waals surface area contributed by atoms with Crippen LogP contribution in [-0.4, -0.2) is 35.8 Å². The van der Waals surface area contributed by atoms with E-state index in [1.807, 2.05) is 6.92 Å². The molecule has 0 spiro atoms. The van der Waals surface area contributed by atoms with Crippen molar-refractivity contribution in [2.24, 2.45) is 0 Å². The summed E-state index contributed by atoms with van der Waals surface area (Å²) in [5.74, 6) is 0.141. The monoisotopic (exact) mass is 418 g/mol. The molecule has 0 aliphatic carbocycles.